The predicted octanol–water partition coefficient (Wildman–Crippen LogP) is 3.08. The van der Waals surface area contributed by atoms with Gasteiger partial charge in [0.15, 0.2) is 0 Å². The van der Waals surface area contributed by atoms with Crippen molar-refractivity contribution < 1.29 is 13.5 Å². The molecule has 1 aromatic heterocycles. The van der Waals surface area contributed by atoms with E-state index < -0.39 is 6.43 Å². The van der Waals surface area contributed by atoms with Gasteiger partial charge in [-0.3, -0.25) is 0 Å². The molecule has 0 aliphatic rings. The molecule has 14 heavy (non-hydrogen) atoms. The average Bonchev–Trinajstić information content (AvgIpc) is 2.16. The molecular formula is C9H10ClF2NO. The van der Waals surface area contributed by atoms with Crippen molar-refractivity contribution >= 4 is 11.6 Å². The van der Waals surface area contributed by atoms with Gasteiger partial charge >= 0.3 is 0 Å². The van der Waals surface area contributed by atoms with Crippen molar-refractivity contribution in [3.63, 3.8) is 0 Å². The number of rotatable bonds is 3. The maximum atomic E-state index is 12.5. The summed E-state index contributed by atoms with van der Waals surface area (Å²) in [5.41, 5.74) is 0.871. The quantitative estimate of drug-likeness (QED) is 0.732. The number of halogens is 3. The van der Waals surface area contributed by atoms with Crippen LogP contribution in [0.15, 0.2) is 6.20 Å². The van der Waals surface area contributed by atoms with Crippen molar-refractivity contribution in [3.05, 3.63) is 22.9 Å². The van der Waals surface area contributed by atoms with E-state index in [-0.39, 0.29) is 11.4 Å². The molecule has 0 aromatic carbocycles. The first kappa shape index (κ1) is 11.2. The molecular weight excluding hydrogens is 212 g/mol. The van der Waals surface area contributed by atoms with E-state index in [1.165, 1.54) is 7.11 Å². The molecule has 0 unspecified atom stereocenters. The van der Waals surface area contributed by atoms with Crippen LogP contribution in [0.25, 0.3) is 0 Å². The molecule has 0 saturated carbocycles. The Hall–Kier alpha value is -0.900. The molecule has 0 atom stereocenters. The van der Waals surface area contributed by atoms with E-state index in [9.17, 15) is 8.78 Å². The lowest BCUT2D eigenvalue weighted by Crippen LogP contribution is -2.01. The molecule has 1 aromatic rings. The molecule has 0 saturated heterocycles. The number of hydrogen-bond acceptors (Lipinski definition) is 2. The highest BCUT2D eigenvalue weighted by Gasteiger charge is 2.17. The number of alkyl halides is 3. The summed E-state index contributed by atoms with van der Waals surface area (Å²) in [7, 11) is 1.43. The summed E-state index contributed by atoms with van der Waals surface area (Å²) >= 11 is 5.63. The topological polar surface area (TPSA) is 22.1 Å². The highest BCUT2D eigenvalue weighted by molar-refractivity contribution is 6.17. The number of hydrogen-bond donors (Lipinski definition) is 0. The third-order valence-electron chi connectivity index (χ3n) is 2.03. The molecule has 0 spiro atoms. The smallest absolute Gasteiger partial charge is 0.265 e. The van der Waals surface area contributed by atoms with Crippen LogP contribution in [0.1, 0.15) is 23.1 Å². The number of methoxy groups -OCH3 is 1. The van der Waals surface area contributed by atoms with Gasteiger partial charge in [0, 0.05) is 17.3 Å². The van der Waals surface area contributed by atoms with E-state index in [0.717, 1.165) is 6.20 Å². The largest absolute Gasteiger partial charge is 0.481 e. The molecule has 1 heterocycles. The number of pyridine rings is 1. The Labute approximate surface area is 85.9 Å². The normalized spacial score (nSPS) is 10.7. The fourth-order valence-electron chi connectivity index (χ4n) is 1.19. The minimum Gasteiger partial charge on any atom is -0.481 e. The summed E-state index contributed by atoms with van der Waals surface area (Å²) in [6.45, 7) is 1.59. The molecule has 0 fully saturated rings. The van der Waals surface area contributed by atoms with Crippen LogP contribution in [0.3, 0.4) is 0 Å². The highest BCUT2D eigenvalue weighted by Crippen LogP contribution is 2.29. The van der Waals surface area contributed by atoms with Gasteiger partial charge in [-0.25, -0.2) is 13.8 Å². The van der Waals surface area contributed by atoms with Crippen LogP contribution < -0.4 is 4.74 Å². The van der Waals surface area contributed by atoms with Crippen molar-refractivity contribution in [2.75, 3.05) is 7.11 Å². The van der Waals surface area contributed by atoms with Gasteiger partial charge in [-0.15, -0.1) is 11.6 Å². The molecule has 0 N–H and O–H groups in total. The first-order valence-electron chi connectivity index (χ1n) is 3.98. The van der Waals surface area contributed by atoms with Crippen LogP contribution in [0, 0.1) is 6.92 Å². The fraction of sp³-hybridized carbons (Fsp3) is 0.444. The first-order valence-corrected chi connectivity index (χ1v) is 4.51. The van der Waals surface area contributed by atoms with Crippen molar-refractivity contribution in [2.45, 2.75) is 19.2 Å². The van der Waals surface area contributed by atoms with E-state index in [4.69, 9.17) is 16.3 Å². The van der Waals surface area contributed by atoms with Gasteiger partial charge in [-0.2, -0.15) is 0 Å². The highest BCUT2D eigenvalue weighted by atomic mass is 35.5. The average molecular weight is 222 g/mol. The van der Waals surface area contributed by atoms with Crippen molar-refractivity contribution in [3.8, 4) is 5.88 Å². The molecule has 5 heteroatoms. The fourth-order valence-corrected chi connectivity index (χ4v) is 1.51. The van der Waals surface area contributed by atoms with Crippen molar-refractivity contribution in [1.29, 1.82) is 0 Å². The Kier molecular flexibility index (Phi) is 3.63. The summed E-state index contributed by atoms with van der Waals surface area (Å²) in [6.07, 6.45) is -1.41. The third kappa shape index (κ3) is 1.95. The molecule has 78 valence electrons. The van der Waals surface area contributed by atoms with E-state index in [1.54, 1.807) is 6.92 Å². The second kappa shape index (κ2) is 4.55. The van der Waals surface area contributed by atoms with Crippen LogP contribution in [-0.4, -0.2) is 12.1 Å². The minimum absolute atomic E-state index is 0.0959. The second-order valence-electron chi connectivity index (χ2n) is 2.76. The Balaban J connectivity index is 3.27. The van der Waals surface area contributed by atoms with E-state index in [2.05, 4.69) is 4.98 Å². The van der Waals surface area contributed by atoms with Crippen LogP contribution in [0.2, 0.25) is 0 Å². The number of nitrogens with zero attached hydrogens (tertiary/aromatic N) is 1. The summed E-state index contributed by atoms with van der Waals surface area (Å²) in [5.74, 6) is 0.421. The van der Waals surface area contributed by atoms with Gasteiger partial charge < -0.3 is 4.74 Å². The number of ether oxygens (including phenoxy) is 1. The maximum Gasteiger partial charge on any atom is 0.265 e. The van der Waals surface area contributed by atoms with Gasteiger partial charge in [-0.1, -0.05) is 0 Å². The maximum absolute atomic E-state index is 12.5. The Morgan fingerprint density at radius 1 is 1.57 bits per heavy atom. The van der Waals surface area contributed by atoms with Crippen LogP contribution >= 0.6 is 11.6 Å². The molecule has 0 bridgehead atoms. The van der Waals surface area contributed by atoms with Crippen molar-refractivity contribution in [2.24, 2.45) is 0 Å². The van der Waals surface area contributed by atoms with Gasteiger partial charge in [-0.05, 0) is 12.5 Å². The standard InChI is InChI=1S/C9H10ClF2NO/c1-5-6(3-10)9(14-2)13-4-7(5)8(11)12/h4,8H,3H2,1-2H3. The first-order chi connectivity index (χ1) is 6.61. The summed E-state index contributed by atoms with van der Waals surface area (Å²) in [5, 5.41) is 0. The van der Waals surface area contributed by atoms with E-state index >= 15 is 0 Å². The zero-order chi connectivity index (χ0) is 10.7. The lowest BCUT2D eigenvalue weighted by atomic mass is 10.1. The van der Waals surface area contributed by atoms with Crippen molar-refractivity contribution in [1.82, 2.24) is 4.98 Å². The van der Waals surface area contributed by atoms with E-state index in [0.29, 0.717) is 17.0 Å². The molecule has 1 rings (SSSR count). The molecule has 0 radical (unpaired) electrons. The monoisotopic (exact) mass is 221 g/mol. The van der Waals surface area contributed by atoms with Crippen LogP contribution in [-0.2, 0) is 5.88 Å². The SMILES string of the molecule is COc1ncc(C(F)F)c(C)c1CCl. The van der Waals surface area contributed by atoms with Gasteiger partial charge in [0.05, 0.1) is 13.0 Å². The summed E-state index contributed by atoms with van der Waals surface area (Å²) in [4.78, 5) is 3.76. The molecule has 0 aliphatic heterocycles. The minimum atomic E-state index is -2.53. The Morgan fingerprint density at radius 3 is 2.64 bits per heavy atom. The second-order valence-corrected chi connectivity index (χ2v) is 3.03. The van der Waals surface area contributed by atoms with Gasteiger partial charge in [0.2, 0.25) is 5.88 Å². The van der Waals surface area contributed by atoms with Crippen LogP contribution in [0.4, 0.5) is 8.78 Å². The third-order valence-corrected chi connectivity index (χ3v) is 2.29. The summed E-state index contributed by atoms with van der Waals surface area (Å²) in [6, 6.07) is 0. The molecule has 2 nitrogen and oxygen atoms in total. The molecule has 0 aliphatic carbocycles. The lowest BCUT2D eigenvalue weighted by molar-refractivity contribution is 0.150. The van der Waals surface area contributed by atoms with Gasteiger partial charge in [0.25, 0.3) is 6.43 Å². The zero-order valence-corrected chi connectivity index (χ0v) is 8.61. The Morgan fingerprint density at radius 2 is 2.21 bits per heavy atom. The van der Waals surface area contributed by atoms with Crippen LogP contribution in [0.5, 0.6) is 5.88 Å². The predicted molar refractivity (Wildman–Crippen MR) is 50.0 cm³/mol. The van der Waals surface area contributed by atoms with E-state index in [1.807, 2.05) is 0 Å². The summed E-state index contributed by atoms with van der Waals surface area (Å²) < 4.78 is 29.8. The lowest BCUT2D eigenvalue weighted by Gasteiger charge is -2.11. The van der Waals surface area contributed by atoms with Gasteiger partial charge in [0.1, 0.15) is 0 Å². The number of aromatic nitrogens is 1. The molecule has 0 amide bonds. The zero-order valence-electron chi connectivity index (χ0n) is 7.85. The Bertz CT molecular complexity index is 331.